The second-order valence-electron chi connectivity index (χ2n) is 7.06. The number of nitrogens with one attached hydrogen (secondary N) is 2. The molecule has 2 aromatic heterocycles. The molecule has 0 atom stereocenters. The van der Waals surface area contributed by atoms with Gasteiger partial charge in [0, 0.05) is 37.8 Å². The Hall–Kier alpha value is -2.15. The van der Waals surface area contributed by atoms with Gasteiger partial charge in [0.2, 0.25) is 11.9 Å². The van der Waals surface area contributed by atoms with Crippen molar-refractivity contribution in [1.29, 1.82) is 0 Å². The monoisotopic (exact) mass is 373 g/mol. The minimum absolute atomic E-state index is 0.126. The Morgan fingerprint density at radius 1 is 1.27 bits per heavy atom. The summed E-state index contributed by atoms with van der Waals surface area (Å²) in [5, 5.41) is 8.56. The van der Waals surface area contributed by atoms with Crippen LogP contribution in [0.2, 0.25) is 0 Å². The van der Waals surface area contributed by atoms with E-state index in [1.165, 1.54) is 0 Å². The first-order valence-electron chi connectivity index (χ1n) is 9.16. The summed E-state index contributed by atoms with van der Waals surface area (Å²) >= 11 is 1.63. The molecule has 0 spiro atoms. The van der Waals surface area contributed by atoms with Crippen LogP contribution in [0, 0.1) is 5.92 Å². The zero-order valence-corrected chi connectivity index (χ0v) is 16.3. The second kappa shape index (κ2) is 8.98. The van der Waals surface area contributed by atoms with E-state index in [1.54, 1.807) is 17.5 Å². The Kier molecular flexibility index (Phi) is 6.44. The van der Waals surface area contributed by atoms with Gasteiger partial charge in [0.1, 0.15) is 5.82 Å². The van der Waals surface area contributed by atoms with Gasteiger partial charge in [-0.3, -0.25) is 4.79 Å². The lowest BCUT2D eigenvalue weighted by Gasteiger charge is -2.29. The first-order valence-corrected chi connectivity index (χ1v) is 10.0. The van der Waals surface area contributed by atoms with E-state index in [0.29, 0.717) is 24.3 Å². The summed E-state index contributed by atoms with van der Waals surface area (Å²) in [5.74, 6) is 2.30. The van der Waals surface area contributed by atoms with Crippen LogP contribution in [0.15, 0.2) is 29.8 Å². The highest BCUT2D eigenvalue weighted by Crippen LogP contribution is 2.25. The minimum atomic E-state index is 0.126. The number of carbonyl (C=O) groups is 1. The minimum Gasteiger partial charge on any atom is -0.363 e. The second-order valence-corrected chi connectivity index (χ2v) is 8.09. The maximum Gasteiger partial charge on any atom is 0.225 e. The molecule has 1 fully saturated rings. The lowest BCUT2D eigenvalue weighted by Crippen LogP contribution is -2.34. The van der Waals surface area contributed by atoms with Crippen LogP contribution in [0.25, 0.3) is 0 Å². The van der Waals surface area contributed by atoms with Crippen molar-refractivity contribution in [2.75, 3.05) is 30.9 Å². The molecule has 2 N–H and O–H groups in total. The SMILES string of the molecule is CN(C)c1ccnc(NC2CCC(CNC(=O)Cc3cccs3)CC2)n1. The number of amides is 1. The largest absolute Gasteiger partial charge is 0.363 e. The predicted octanol–water partition coefficient (Wildman–Crippen LogP) is 2.93. The van der Waals surface area contributed by atoms with E-state index in [0.717, 1.165) is 42.9 Å². The van der Waals surface area contributed by atoms with Crippen molar-refractivity contribution in [3.05, 3.63) is 34.7 Å². The molecule has 0 saturated heterocycles. The highest BCUT2D eigenvalue weighted by molar-refractivity contribution is 7.10. The van der Waals surface area contributed by atoms with Crippen molar-refractivity contribution in [1.82, 2.24) is 15.3 Å². The van der Waals surface area contributed by atoms with Crippen LogP contribution in [0.5, 0.6) is 0 Å². The molecule has 7 heteroatoms. The van der Waals surface area contributed by atoms with Crippen LogP contribution in [-0.4, -0.2) is 42.6 Å². The number of nitrogens with zero attached hydrogens (tertiary/aromatic N) is 3. The standard InChI is InChI=1S/C19H27N5OS/c1-24(2)17-9-10-20-19(23-17)22-15-7-5-14(6-8-15)13-21-18(25)12-16-4-3-11-26-16/h3-4,9-11,14-15H,5-8,12-13H2,1-2H3,(H,21,25)(H,20,22,23). The fourth-order valence-corrected chi connectivity index (χ4v) is 3.96. The molecule has 0 bridgehead atoms. The van der Waals surface area contributed by atoms with Crippen molar-refractivity contribution in [2.45, 2.75) is 38.1 Å². The van der Waals surface area contributed by atoms with Gasteiger partial charge in [-0.15, -0.1) is 11.3 Å². The molecule has 1 aliphatic rings. The van der Waals surface area contributed by atoms with Gasteiger partial charge in [-0.2, -0.15) is 4.98 Å². The third kappa shape index (κ3) is 5.42. The molecule has 26 heavy (non-hydrogen) atoms. The van der Waals surface area contributed by atoms with Gasteiger partial charge in [0.15, 0.2) is 0 Å². The van der Waals surface area contributed by atoms with E-state index in [4.69, 9.17) is 0 Å². The summed E-state index contributed by atoms with van der Waals surface area (Å²) < 4.78 is 0. The van der Waals surface area contributed by atoms with E-state index in [1.807, 2.05) is 42.6 Å². The normalized spacial score (nSPS) is 19.8. The molecule has 140 valence electrons. The summed E-state index contributed by atoms with van der Waals surface area (Å²) in [5.41, 5.74) is 0. The van der Waals surface area contributed by atoms with Crippen LogP contribution in [0.4, 0.5) is 11.8 Å². The average Bonchev–Trinajstić information content (AvgIpc) is 3.14. The first kappa shape index (κ1) is 18.6. The van der Waals surface area contributed by atoms with E-state index in [2.05, 4.69) is 20.6 Å². The topological polar surface area (TPSA) is 70.2 Å². The van der Waals surface area contributed by atoms with Gasteiger partial charge in [-0.05, 0) is 49.1 Å². The molecule has 0 unspecified atom stereocenters. The summed E-state index contributed by atoms with van der Waals surface area (Å²) in [6, 6.07) is 6.31. The molecule has 2 aromatic rings. The van der Waals surface area contributed by atoms with E-state index >= 15 is 0 Å². The third-order valence-electron chi connectivity index (χ3n) is 4.78. The van der Waals surface area contributed by atoms with Crippen molar-refractivity contribution in [3.8, 4) is 0 Å². The lowest BCUT2D eigenvalue weighted by molar-refractivity contribution is -0.120. The highest BCUT2D eigenvalue weighted by atomic mass is 32.1. The zero-order chi connectivity index (χ0) is 18.4. The van der Waals surface area contributed by atoms with E-state index < -0.39 is 0 Å². The van der Waals surface area contributed by atoms with Crippen LogP contribution in [0.3, 0.4) is 0 Å². The third-order valence-corrected chi connectivity index (χ3v) is 5.66. The van der Waals surface area contributed by atoms with Crippen LogP contribution in [0.1, 0.15) is 30.6 Å². The number of hydrogen-bond donors (Lipinski definition) is 2. The number of carbonyl (C=O) groups excluding carboxylic acids is 1. The molecule has 0 aromatic carbocycles. The van der Waals surface area contributed by atoms with Crippen molar-refractivity contribution in [3.63, 3.8) is 0 Å². The molecule has 1 aliphatic carbocycles. The Bertz CT molecular complexity index is 696. The molecule has 6 nitrogen and oxygen atoms in total. The summed E-state index contributed by atoms with van der Waals surface area (Å²) in [6.07, 6.45) is 6.68. The van der Waals surface area contributed by atoms with Gasteiger partial charge in [0.25, 0.3) is 0 Å². The molecule has 0 radical (unpaired) electrons. The first-order chi connectivity index (χ1) is 12.6. The number of rotatable bonds is 7. The molecule has 3 rings (SSSR count). The maximum atomic E-state index is 12.0. The van der Waals surface area contributed by atoms with E-state index in [9.17, 15) is 4.79 Å². The smallest absolute Gasteiger partial charge is 0.225 e. The fraction of sp³-hybridized carbons (Fsp3) is 0.526. The Morgan fingerprint density at radius 3 is 2.77 bits per heavy atom. The lowest BCUT2D eigenvalue weighted by atomic mass is 9.86. The van der Waals surface area contributed by atoms with Crippen LogP contribution >= 0.6 is 11.3 Å². The highest BCUT2D eigenvalue weighted by Gasteiger charge is 2.22. The number of anilines is 2. The van der Waals surface area contributed by atoms with Gasteiger partial charge in [-0.1, -0.05) is 6.07 Å². The zero-order valence-electron chi connectivity index (χ0n) is 15.4. The van der Waals surface area contributed by atoms with Crippen molar-refractivity contribution in [2.24, 2.45) is 5.92 Å². The Labute approximate surface area is 159 Å². The molecule has 2 heterocycles. The Balaban J connectivity index is 1.39. The fourth-order valence-electron chi connectivity index (χ4n) is 3.25. The van der Waals surface area contributed by atoms with Gasteiger partial charge < -0.3 is 15.5 Å². The summed E-state index contributed by atoms with van der Waals surface area (Å²) in [6.45, 7) is 0.781. The number of hydrogen-bond acceptors (Lipinski definition) is 6. The van der Waals surface area contributed by atoms with Crippen molar-refractivity contribution >= 4 is 29.0 Å². The molecule has 1 saturated carbocycles. The van der Waals surface area contributed by atoms with Gasteiger partial charge in [-0.25, -0.2) is 4.98 Å². The van der Waals surface area contributed by atoms with Crippen molar-refractivity contribution < 1.29 is 4.79 Å². The number of thiophene rings is 1. The summed E-state index contributed by atoms with van der Waals surface area (Å²) in [7, 11) is 3.95. The van der Waals surface area contributed by atoms with Crippen LogP contribution < -0.4 is 15.5 Å². The Morgan fingerprint density at radius 2 is 2.08 bits per heavy atom. The molecule has 0 aliphatic heterocycles. The molecule has 1 amide bonds. The van der Waals surface area contributed by atoms with E-state index in [-0.39, 0.29) is 5.91 Å². The molecular weight excluding hydrogens is 346 g/mol. The quantitative estimate of drug-likeness (QED) is 0.781. The maximum absolute atomic E-state index is 12.0. The predicted molar refractivity (Wildman–Crippen MR) is 107 cm³/mol. The number of aromatic nitrogens is 2. The van der Waals surface area contributed by atoms with Crippen LogP contribution in [-0.2, 0) is 11.2 Å². The molecular formula is C19H27N5OS. The summed E-state index contributed by atoms with van der Waals surface area (Å²) in [4.78, 5) is 24.0. The van der Waals surface area contributed by atoms with Gasteiger partial charge in [0.05, 0.1) is 6.42 Å². The van der Waals surface area contributed by atoms with Gasteiger partial charge >= 0.3 is 0 Å². The average molecular weight is 374 g/mol.